The predicted octanol–water partition coefficient (Wildman–Crippen LogP) is 2.04. The minimum absolute atomic E-state index is 0.0653. The topological polar surface area (TPSA) is 88.1 Å². The molecule has 1 aliphatic rings. The van der Waals surface area contributed by atoms with E-state index < -0.39 is 28.6 Å². The van der Waals surface area contributed by atoms with Crippen molar-refractivity contribution in [2.75, 3.05) is 39.2 Å². The third kappa shape index (κ3) is 4.28. The van der Waals surface area contributed by atoms with Crippen LogP contribution in [-0.4, -0.2) is 55.8 Å². The van der Waals surface area contributed by atoms with Crippen molar-refractivity contribution in [3.63, 3.8) is 0 Å². The van der Waals surface area contributed by atoms with Crippen molar-refractivity contribution in [3.05, 3.63) is 34.0 Å². The van der Waals surface area contributed by atoms with Crippen LogP contribution in [0, 0.1) is 0 Å². The van der Waals surface area contributed by atoms with Gasteiger partial charge in [0.15, 0.2) is 0 Å². The van der Waals surface area contributed by atoms with E-state index in [2.05, 4.69) is 10.1 Å². The van der Waals surface area contributed by atoms with Gasteiger partial charge in [0.1, 0.15) is 11.4 Å². The summed E-state index contributed by atoms with van der Waals surface area (Å²) in [4.78, 5) is 25.6. The van der Waals surface area contributed by atoms with E-state index in [0.29, 0.717) is 0 Å². The Morgan fingerprint density at radius 3 is 2.56 bits per heavy atom. The molecule has 0 atom stereocenters. The first-order valence-corrected chi connectivity index (χ1v) is 7.95. The van der Waals surface area contributed by atoms with Gasteiger partial charge in [0, 0.05) is 12.6 Å². The third-order valence-corrected chi connectivity index (χ3v) is 4.21. The van der Waals surface area contributed by atoms with Crippen LogP contribution in [0.2, 0.25) is 5.02 Å². The summed E-state index contributed by atoms with van der Waals surface area (Å²) in [6.07, 6.45) is -4.76. The molecule has 0 unspecified atom stereocenters. The number of amides is 1. The number of anilines is 1. The van der Waals surface area contributed by atoms with Gasteiger partial charge in [-0.15, -0.1) is 0 Å². The molecule has 0 bridgehead atoms. The number of methoxy groups -OCH3 is 2. The van der Waals surface area contributed by atoms with Gasteiger partial charge < -0.3 is 24.8 Å². The Balaban J connectivity index is 2.52. The second kappa shape index (κ2) is 8.05. The van der Waals surface area contributed by atoms with Crippen LogP contribution in [0.3, 0.4) is 0 Å². The van der Waals surface area contributed by atoms with Crippen LogP contribution < -0.4 is 10.1 Å². The van der Waals surface area contributed by atoms with Gasteiger partial charge in [-0.3, -0.25) is 4.79 Å². The van der Waals surface area contributed by atoms with Gasteiger partial charge in [-0.05, 0) is 6.07 Å². The molecule has 148 valence electrons. The Kier molecular flexibility index (Phi) is 6.22. The van der Waals surface area contributed by atoms with Crippen molar-refractivity contribution in [2.24, 2.45) is 0 Å². The van der Waals surface area contributed by atoms with Gasteiger partial charge in [0.2, 0.25) is 0 Å². The normalized spacial score (nSPS) is 14.6. The summed E-state index contributed by atoms with van der Waals surface area (Å²) in [7, 11) is 2.28. The molecule has 2 N–H and O–H groups in total. The fourth-order valence-electron chi connectivity index (χ4n) is 2.50. The number of hydrogen-bond acceptors (Lipinski definition) is 6. The summed E-state index contributed by atoms with van der Waals surface area (Å²) in [5, 5.41) is 10.8. The molecule has 0 spiro atoms. The number of β-amino-alcohol motifs (C(OH)–C–C–N with tert-alkyl or cyclic N) is 1. The Morgan fingerprint density at radius 1 is 1.37 bits per heavy atom. The number of benzene rings is 1. The SMILES string of the molecule is COC(=O)C1=C(Nc2cc(OC)cc(C(F)(F)F)c2Cl)C(=O)N(CCO)C1. The first kappa shape index (κ1) is 20.8. The second-order valence-electron chi connectivity index (χ2n) is 5.45. The number of hydrogen-bond donors (Lipinski definition) is 2. The predicted molar refractivity (Wildman–Crippen MR) is 89.3 cm³/mol. The minimum Gasteiger partial charge on any atom is -0.497 e. The van der Waals surface area contributed by atoms with Crippen LogP contribution in [0.4, 0.5) is 18.9 Å². The van der Waals surface area contributed by atoms with E-state index >= 15 is 0 Å². The van der Waals surface area contributed by atoms with E-state index in [1.165, 1.54) is 13.2 Å². The van der Waals surface area contributed by atoms with Crippen molar-refractivity contribution in [1.29, 1.82) is 0 Å². The summed E-state index contributed by atoms with van der Waals surface area (Å²) >= 11 is 5.87. The van der Waals surface area contributed by atoms with Crippen molar-refractivity contribution in [3.8, 4) is 5.75 Å². The van der Waals surface area contributed by atoms with E-state index in [-0.39, 0.29) is 42.4 Å². The number of alkyl halides is 3. The summed E-state index contributed by atoms with van der Waals surface area (Å²) in [5.41, 5.74) is -1.80. The lowest BCUT2D eigenvalue weighted by molar-refractivity contribution is -0.138. The Bertz CT molecular complexity index is 795. The van der Waals surface area contributed by atoms with Gasteiger partial charge in [-0.1, -0.05) is 11.6 Å². The Hall–Kier alpha value is -2.46. The van der Waals surface area contributed by atoms with Crippen LogP contribution in [0.15, 0.2) is 23.4 Å². The number of ether oxygens (including phenoxy) is 2. The average molecular weight is 409 g/mol. The number of carbonyl (C=O) groups excluding carboxylic acids is 2. The molecule has 2 rings (SSSR count). The molecule has 7 nitrogen and oxygen atoms in total. The molecule has 11 heteroatoms. The number of nitrogens with one attached hydrogen (secondary N) is 1. The molecule has 1 heterocycles. The Labute approximate surface area is 157 Å². The van der Waals surface area contributed by atoms with Crippen molar-refractivity contribution in [1.82, 2.24) is 4.90 Å². The molecular weight excluding hydrogens is 393 g/mol. The van der Waals surface area contributed by atoms with Crippen LogP contribution >= 0.6 is 11.6 Å². The fraction of sp³-hybridized carbons (Fsp3) is 0.375. The molecule has 1 aromatic rings. The largest absolute Gasteiger partial charge is 0.497 e. The molecule has 0 saturated heterocycles. The van der Waals surface area contributed by atoms with E-state index in [4.69, 9.17) is 21.4 Å². The van der Waals surface area contributed by atoms with Crippen LogP contribution in [0.25, 0.3) is 0 Å². The van der Waals surface area contributed by atoms with Crippen LogP contribution in [-0.2, 0) is 20.5 Å². The van der Waals surface area contributed by atoms with Crippen LogP contribution in [0.5, 0.6) is 5.75 Å². The molecule has 1 aliphatic heterocycles. The Morgan fingerprint density at radius 2 is 2.04 bits per heavy atom. The second-order valence-corrected chi connectivity index (χ2v) is 5.83. The maximum atomic E-state index is 13.2. The maximum Gasteiger partial charge on any atom is 0.418 e. The number of rotatable bonds is 6. The molecule has 27 heavy (non-hydrogen) atoms. The first-order chi connectivity index (χ1) is 12.6. The average Bonchev–Trinajstić information content (AvgIpc) is 2.91. The molecule has 0 saturated carbocycles. The summed E-state index contributed by atoms with van der Waals surface area (Å²) in [5.74, 6) is -1.66. The quantitative estimate of drug-likeness (QED) is 0.700. The van der Waals surface area contributed by atoms with E-state index in [9.17, 15) is 22.8 Å². The lowest BCUT2D eigenvalue weighted by atomic mass is 10.1. The number of halogens is 4. The molecule has 0 aromatic heterocycles. The van der Waals surface area contributed by atoms with Crippen molar-refractivity contribution < 1.29 is 37.3 Å². The number of aliphatic hydroxyl groups is 1. The van der Waals surface area contributed by atoms with Gasteiger partial charge in [-0.2, -0.15) is 13.2 Å². The van der Waals surface area contributed by atoms with Gasteiger partial charge in [0.05, 0.1) is 49.2 Å². The third-order valence-electron chi connectivity index (χ3n) is 3.80. The number of carbonyl (C=O) groups is 2. The summed E-state index contributed by atoms with van der Waals surface area (Å²) in [6.45, 7) is -0.585. The zero-order valence-corrected chi connectivity index (χ0v) is 15.1. The van der Waals surface area contributed by atoms with Gasteiger partial charge in [-0.25, -0.2) is 4.79 Å². The standard InChI is InChI=1S/C16H16ClF3N2O5/c1-26-8-5-10(16(18,19)20)12(17)11(6-8)21-13-9(15(25)27-2)7-22(3-4-23)14(13)24/h5-6,21,23H,3-4,7H2,1-2H3. The van der Waals surface area contributed by atoms with E-state index in [1.807, 2.05) is 0 Å². The zero-order chi connectivity index (χ0) is 20.4. The lowest BCUT2D eigenvalue weighted by Gasteiger charge is -2.17. The molecular formula is C16H16ClF3N2O5. The fourth-order valence-corrected chi connectivity index (χ4v) is 2.76. The van der Waals surface area contributed by atoms with E-state index in [0.717, 1.165) is 18.1 Å². The molecule has 1 amide bonds. The number of nitrogens with zero attached hydrogens (tertiary/aromatic N) is 1. The zero-order valence-electron chi connectivity index (χ0n) is 14.3. The summed E-state index contributed by atoms with van der Waals surface area (Å²) in [6, 6.07) is 1.89. The van der Waals surface area contributed by atoms with E-state index in [1.54, 1.807) is 0 Å². The minimum atomic E-state index is -4.76. The highest BCUT2D eigenvalue weighted by atomic mass is 35.5. The number of aliphatic hydroxyl groups excluding tert-OH is 1. The lowest BCUT2D eigenvalue weighted by Crippen LogP contribution is -2.31. The van der Waals surface area contributed by atoms with Crippen molar-refractivity contribution in [2.45, 2.75) is 6.18 Å². The smallest absolute Gasteiger partial charge is 0.418 e. The highest BCUT2D eigenvalue weighted by Crippen LogP contribution is 2.42. The maximum absolute atomic E-state index is 13.2. The highest BCUT2D eigenvalue weighted by molar-refractivity contribution is 6.34. The molecule has 0 fully saturated rings. The van der Waals surface area contributed by atoms with Crippen LogP contribution in [0.1, 0.15) is 5.56 Å². The molecule has 0 radical (unpaired) electrons. The first-order valence-electron chi connectivity index (χ1n) is 7.57. The monoisotopic (exact) mass is 408 g/mol. The highest BCUT2D eigenvalue weighted by Gasteiger charge is 2.37. The summed E-state index contributed by atoms with van der Waals surface area (Å²) < 4.78 is 49.1. The number of esters is 1. The molecule has 0 aliphatic carbocycles. The van der Waals surface area contributed by atoms with Crippen molar-refractivity contribution >= 4 is 29.2 Å². The van der Waals surface area contributed by atoms with Gasteiger partial charge in [0.25, 0.3) is 5.91 Å². The van der Waals surface area contributed by atoms with Gasteiger partial charge >= 0.3 is 12.1 Å². The molecule has 1 aromatic carbocycles.